The third-order valence-corrected chi connectivity index (χ3v) is 6.06. The third-order valence-electron chi connectivity index (χ3n) is 6.06. The molecular weight excluding hydrogens is 418 g/mol. The van der Waals surface area contributed by atoms with E-state index in [1.807, 2.05) is 36.4 Å². The van der Waals surface area contributed by atoms with E-state index in [9.17, 15) is 4.79 Å². The largest absolute Gasteiger partial charge is 0.367 e. The first-order chi connectivity index (χ1) is 16.7. The molecular formula is C30H31N3O. The first-order valence-electron chi connectivity index (χ1n) is 11.9. The molecule has 0 aliphatic carbocycles. The quantitative estimate of drug-likeness (QED) is 0.332. The highest BCUT2D eigenvalue weighted by molar-refractivity contribution is 5.94. The van der Waals surface area contributed by atoms with Gasteiger partial charge in [0.1, 0.15) is 0 Å². The lowest BCUT2D eigenvalue weighted by Gasteiger charge is -2.25. The first kappa shape index (κ1) is 23.2. The van der Waals surface area contributed by atoms with Crippen LogP contribution in [0, 0.1) is 0 Å². The highest BCUT2D eigenvalue weighted by atomic mass is 16.1. The van der Waals surface area contributed by atoms with E-state index in [1.54, 1.807) is 12.4 Å². The van der Waals surface area contributed by atoms with Crippen LogP contribution in [-0.4, -0.2) is 17.4 Å². The van der Waals surface area contributed by atoms with E-state index in [4.69, 9.17) is 0 Å². The van der Waals surface area contributed by atoms with Crippen molar-refractivity contribution in [2.75, 3.05) is 11.4 Å². The van der Waals surface area contributed by atoms with E-state index in [-0.39, 0.29) is 5.91 Å². The lowest BCUT2D eigenvalue weighted by molar-refractivity contribution is 0.0951. The Morgan fingerprint density at radius 3 is 2.21 bits per heavy atom. The second-order valence-corrected chi connectivity index (χ2v) is 8.36. The van der Waals surface area contributed by atoms with E-state index in [1.165, 1.54) is 16.7 Å². The fraction of sp³-hybridized carbons (Fsp3) is 0.200. The minimum absolute atomic E-state index is 0.0790. The SMILES string of the molecule is CCN(Cc1ccccc1CCc1ccccc1)c1ccc(C(=O)NCc2cccnc2)cc1. The van der Waals surface area contributed by atoms with Crippen molar-refractivity contribution in [3.05, 3.63) is 131 Å². The normalized spacial score (nSPS) is 10.6. The van der Waals surface area contributed by atoms with E-state index in [0.29, 0.717) is 12.1 Å². The number of amides is 1. The molecule has 1 heterocycles. The number of aromatic nitrogens is 1. The molecule has 4 aromatic rings. The van der Waals surface area contributed by atoms with Crippen LogP contribution in [0.2, 0.25) is 0 Å². The van der Waals surface area contributed by atoms with Gasteiger partial charge >= 0.3 is 0 Å². The van der Waals surface area contributed by atoms with Crippen LogP contribution < -0.4 is 10.2 Å². The van der Waals surface area contributed by atoms with E-state index in [2.05, 4.69) is 76.7 Å². The standard InChI is InChI=1S/C30H31N3O/c1-2-33(23-28-13-7-6-12-26(28)15-14-24-9-4-3-5-10-24)29-18-16-27(17-19-29)30(34)32-22-25-11-8-20-31-21-25/h3-13,16-21H,2,14-15,22-23H2,1H3,(H,32,34). The molecule has 0 aliphatic heterocycles. The van der Waals surface area contributed by atoms with E-state index < -0.39 is 0 Å². The second-order valence-electron chi connectivity index (χ2n) is 8.36. The van der Waals surface area contributed by atoms with Crippen molar-refractivity contribution in [3.63, 3.8) is 0 Å². The number of carbonyl (C=O) groups excluding carboxylic acids is 1. The molecule has 0 fully saturated rings. The number of hydrogen-bond donors (Lipinski definition) is 1. The molecule has 1 amide bonds. The molecule has 0 bridgehead atoms. The Morgan fingerprint density at radius 2 is 1.50 bits per heavy atom. The van der Waals surface area contributed by atoms with Crippen LogP contribution in [0.5, 0.6) is 0 Å². The number of hydrogen-bond acceptors (Lipinski definition) is 3. The Balaban J connectivity index is 1.39. The van der Waals surface area contributed by atoms with Gasteiger partial charge < -0.3 is 10.2 Å². The Morgan fingerprint density at radius 1 is 0.794 bits per heavy atom. The summed E-state index contributed by atoms with van der Waals surface area (Å²) in [5.41, 5.74) is 6.85. The number of nitrogens with zero attached hydrogens (tertiary/aromatic N) is 2. The van der Waals surface area contributed by atoms with Crippen LogP contribution in [0.3, 0.4) is 0 Å². The zero-order valence-corrected chi connectivity index (χ0v) is 19.7. The minimum Gasteiger partial charge on any atom is -0.367 e. The van der Waals surface area contributed by atoms with Crippen molar-refractivity contribution in [2.24, 2.45) is 0 Å². The summed E-state index contributed by atoms with van der Waals surface area (Å²) in [6.45, 7) is 4.37. The Bertz CT molecular complexity index is 1170. The third kappa shape index (κ3) is 6.32. The highest BCUT2D eigenvalue weighted by Gasteiger charge is 2.11. The summed E-state index contributed by atoms with van der Waals surface area (Å²) in [5.74, 6) is -0.0790. The Hall–Kier alpha value is -3.92. The fourth-order valence-corrected chi connectivity index (χ4v) is 4.08. The van der Waals surface area contributed by atoms with Gasteiger partial charge in [0.15, 0.2) is 0 Å². The summed E-state index contributed by atoms with van der Waals surface area (Å²) in [7, 11) is 0. The molecule has 4 nitrogen and oxygen atoms in total. The monoisotopic (exact) mass is 449 g/mol. The average molecular weight is 450 g/mol. The molecule has 3 aromatic carbocycles. The number of rotatable bonds is 10. The average Bonchev–Trinajstić information content (AvgIpc) is 2.91. The van der Waals surface area contributed by atoms with Gasteiger partial charge in [-0.15, -0.1) is 0 Å². The summed E-state index contributed by atoms with van der Waals surface area (Å²) in [6.07, 6.45) is 5.55. The van der Waals surface area contributed by atoms with Gasteiger partial charge in [0.05, 0.1) is 0 Å². The lowest BCUT2D eigenvalue weighted by atomic mass is 9.99. The lowest BCUT2D eigenvalue weighted by Crippen LogP contribution is -2.24. The molecule has 4 heteroatoms. The van der Waals surface area contributed by atoms with Gasteiger partial charge in [-0.1, -0.05) is 60.7 Å². The Labute approximate surface area is 202 Å². The molecule has 0 aliphatic rings. The van der Waals surface area contributed by atoms with Crippen molar-refractivity contribution < 1.29 is 4.79 Å². The molecule has 0 saturated heterocycles. The smallest absolute Gasteiger partial charge is 0.251 e. The van der Waals surface area contributed by atoms with Gasteiger partial charge in [-0.3, -0.25) is 9.78 Å². The van der Waals surface area contributed by atoms with Gasteiger partial charge in [-0.05, 0) is 72.4 Å². The number of nitrogens with one attached hydrogen (secondary N) is 1. The van der Waals surface area contributed by atoms with Crippen LogP contribution >= 0.6 is 0 Å². The summed E-state index contributed by atoms with van der Waals surface area (Å²) in [6, 6.07) is 31.0. The predicted molar refractivity (Wildman–Crippen MR) is 139 cm³/mol. The number of benzene rings is 3. The second kappa shape index (κ2) is 11.8. The molecule has 0 unspecified atom stereocenters. The zero-order chi connectivity index (χ0) is 23.6. The van der Waals surface area contributed by atoms with Gasteiger partial charge in [0.2, 0.25) is 0 Å². The van der Waals surface area contributed by atoms with Crippen molar-refractivity contribution >= 4 is 11.6 Å². The van der Waals surface area contributed by atoms with Gasteiger partial charge in [0.25, 0.3) is 5.91 Å². The molecule has 172 valence electrons. The van der Waals surface area contributed by atoms with Crippen LogP contribution in [0.4, 0.5) is 5.69 Å². The number of pyridine rings is 1. The molecule has 4 rings (SSSR count). The summed E-state index contributed by atoms with van der Waals surface area (Å²) < 4.78 is 0. The first-order valence-corrected chi connectivity index (χ1v) is 11.9. The van der Waals surface area contributed by atoms with Gasteiger partial charge in [0, 0.05) is 43.3 Å². The fourth-order valence-electron chi connectivity index (χ4n) is 4.08. The van der Waals surface area contributed by atoms with Crippen molar-refractivity contribution in [1.82, 2.24) is 10.3 Å². The van der Waals surface area contributed by atoms with Crippen molar-refractivity contribution in [2.45, 2.75) is 32.9 Å². The maximum atomic E-state index is 12.5. The molecule has 0 radical (unpaired) electrons. The summed E-state index contributed by atoms with van der Waals surface area (Å²) >= 11 is 0. The minimum atomic E-state index is -0.0790. The molecule has 1 aromatic heterocycles. The number of carbonyl (C=O) groups is 1. The van der Waals surface area contributed by atoms with E-state index >= 15 is 0 Å². The maximum Gasteiger partial charge on any atom is 0.251 e. The molecule has 1 N–H and O–H groups in total. The van der Waals surface area contributed by atoms with Gasteiger partial charge in [-0.25, -0.2) is 0 Å². The predicted octanol–water partition coefficient (Wildman–Crippen LogP) is 5.82. The maximum absolute atomic E-state index is 12.5. The van der Waals surface area contributed by atoms with Crippen LogP contribution in [0.15, 0.2) is 103 Å². The zero-order valence-electron chi connectivity index (χ0n) is 19.7. The topological polar surface area (TPSA) is 45.2 Å². The molecule has 34 heavy (non-hydrogen) atoms. The van der Waals surface area contributed by atoms with E-state index in [0.717, 1.165) is 37.2 Å². The van der Waals surface area contributed by atoms with Crippen molar-refractivity contribution in [1.29, 1.82) is 0 Å². The van der Waals surface area contributed by atoms with Crippen LogP contribution in [-0.2, 0) is 25.9 Å². The van der Waals surface area contributed by atoms with Crippen LogP contribution in [0.25, 0.3) is 0 Å². The van der Waals surface area contributed by atoms with Crippen molar-refractivity contribution in [3.8, 4) is 0 Å². The number of aryl methyl sites for hydroxylation is 2. The Kier molecular flexibility index (Phi) is 8.07. The summed E-state index contributed by atoms with van der Waals surface area (Å²) in [5, 5.41) is 2.96. The summed E-state index contributed by atoms with van der Waals surface area (Å²) in [4.78, 5) is 19.0. The molecule has 0 spiro atoms. The van der Waals surface area contributed by atoms with Gasteiger partial charge in [-0.2, -0.15) is 0 Å². The molecule has 0 saturated carbocycles. The molecule has 0 atom stereocenters. The number of anilines is 1. The van der Waals surface area contributed by atoms with Crippen LogP contribution in [0.1, 0.15) is 39.5 Å². The highest BCUT2D eigenvalue weighted by Crippen LogP contribution is 2.21.